The lowest BCUT2D eigenvalue weighted by atomic mass is 10.1. The van der Waals surface area contributed by atoms with E-state index >= 15 is 0 Å². The summed E-state index contributed by atoms with van der Waals surface area (Å²) in [6, 6.07) is 8.19. The lowest BCUT2D eigenvalue weighted by molar-refractivity contribution is 1.17. The van der Waals surface area contributed by atoms with Crippen molar-refractivity contribution in [2.75, 3.05) is 0 Å². The summed E-state index contributed by atoms with van der Waals surface area (Å²) in [5.41, 5.74) is 4.50. The van der Waals surface area contributed by atoms with Crippen molar-refractivity contribution < 1.29 is 0 Å². The summed E-state index contributed by atoms with van der Waals surface area (Å²) in [6.45, 7) is 2.10. The molecule has 16 heavy (non-hydrogen) atoms. The van der Waals surface area contributed by atoms with Crippen molar-refractivity contribution in [2.24, 2.45) is 0 Å². The number of aromatic amines is 1. The van der Waals surface area contributed by atoms with E-state index in [1.807, 2.05) is 12.3 Å². The molecular weight excluding hydrogens is 198 g/mol. The number of aryl methyl sites for hydroxylation is 1. The molecule has 0 aliphatic carbocycles. The van der Waals surface area contributed by atoms with Crippen molar-refractivity contribution in [2.45, 2.75) is 6.92 Å². The molecule has 0 aliphatic heterocycles. The molecule has 1 aromatic carbocycles. The van der Waals surface area contributed by atoms with Gasteiger partial charge >= 0.3 is 0 Å². The number of aromatic nitrogens is 3. The second kappa shape index (κ2) is 3.45. The number of hydrogen-bond donors (Lipinski definition) is 1. The van der Waals surface area contributed by atoms with Crippen LogP contribution in [0.3, 0.4) is 0 Å². The molecule has 3 aromatic rings. The van der Waals surface area contributed by atoms with Crippen molar-refractivity contribution in [3.63, 3.8) is 0 Å². The Morgan fingerprint density at radius 3 is 2.94 bits per heavy atom. The van der Waals surface area contributed by atoms with Gasteiger partial charge in [-0.1, -0.05) is 18.2 Å². The lowest BCUT2D eigenvalue weighted by Crippen LogP contribution is -1.82. The van der Waals surface area contributed by atoms with Crippen LogP contribution in [0.25, 0.3) is 22.2 Å². The van der Waals surface area contributed by atoms with Crippen molar-refractivity contribution in [3.8, 4) is 11.3 Å². The van der Waals surface area contributed by atoms with Gasteiger partial charge in [-0.15, -0.1) is 0 Å². The van der Waals surface area contributed by atoms with Gasteiger partial charge in [0.05, 0.1) is 5.69 Å². The highest BCUT2D eigenvalue weighted by molar-refractivity contribution is 5.96. The summed E-state index contributed by atoms with van der Waals surface area (Å²) < 4.78 is 0. The minimum absolute atomic E-state index is 0.951. The van der Waals surface area contributed by atoms with Gasteiger partial charge in [-0.05, 0) is 18.6 Å². The van der Waals surface area contributed by atoms with E-state index in [0.29, 0.717) is 0 Å². The lowest BCUT2D eigenvalue weighted by Gasteiger charge is -1.98. The van der Waals surface area contributed by atoms with Gasteiger partial charge in [0.25, 0.3) is 0 Å². The quantitative estimate of drug-likeness (QED) is 0.669. The third-order valence-electron chi connectivity index (χ3n) is 2.78. The highest BCUT2D eigenvalue weighted by Crippen LogP contribution is 2.28. The number of hydrogen-bond acceptors (Lipinski definition) is 2. The van der Waals surface area contributed by atoms with Crippen LogP contribution in [0.4, 0.5) is 0 Å². The number of nitrogens with one attached hydrogen (secondary N) is 1. The van der Waals surface area contributed by atoms with Gasteiger partial charge < -0.3 is 4.98 Å². The van der Waals surface area contributed by atoms with Gasteiger partial charge in [-0.2, -0.15) is 0 Å². The van der Waals surface area contributed by atoms with E-state index in [2.05, 4.69) is 40.1 Å². The number of para-hydroxylation sites is 1. The number of fused-ring (bicyclic) bond motifs is 1. The number of benzene rings is 1. The molecule has 0 unspecified atom stereocenters. The average Bonchev–Trinajstić information content (AvgIpc) is 2.75. The van der Waals surface area contributed by atoms with E-state index in [0.717, 1.165) is 11.3 Å². The van der Waals surface area contributed by atoms with Crippen LogP contribution in [0.5, 0.6) is 0 Å². The van der Waals surface area contributed by atoms with Crippen molar-refractivity contribution in [3.05, 3.63) is 48.5 Å². The molecule has 0 atom stereocenters. The Balaban J connectivity index is 2.30. The highest BCUT2D eigenvalue weighted by atomic mass is 14.8. The monoisotopic (exact) mass is 209 g/mol. The van der Waals surface area contributed by atoms with Gasteiger partial charge in [0.15, 0.2) is 0 Å². The molecule has 3 nitrogen and oxygen atoms in total. The van der Waals surface area contributed by atoms with E-state index in [1.54, 1.807) is 12.5 Å². The summed E-state index contributed by atoms with van der Waals surface area (Å²) in [5.74, 6) is 0. The minimum atomic E-state index is 0.951. The molecule has 3 rings (SSSR count). The first-order valence-electron chi connectivity index (χ1n) is 5.19. The van der Waals surface area contributed by atoms with Crippen LogP contribution in [-0.2, 0) is 0 Å². The van der Waals surface area contributed by atoms with E-state index < -0.39 is 0 Å². The highest BCUT2D eigenvalue weighted by Gasteiger charge is 2.07. The van der Waals surface area contributed by atoms with E-state index in [1.165, 1.54) is 16.5 Å². The van der Waals surface area contributed by atoms with Crippen LogP contribution < -0.4 is 0 Å². The van der Waals surface area contributed by atoms with Crippen molar-refractivity contribution in [1.29, 1.82) is 0 Å². The van der Waals surface area contributed by atoms with Gasteiger partial charge in [0, 0.05) is 28.9 Å². The Bertz CT molecular complexity index is 626. The maximum absolute atomic E-state index is 4.27. The number of nitrogens with zero attached hydrogens (tertiary/aromatic N) is 2. The molecule has 1 N–H and O–H groups in total. The standard InChI is InChI=1S/C13H11N3/c1-9-3-2-4-10-11(7-15-13(9)10)12-5-6-14-8-16-12/h2-8,15H,1H3. The van der Waals surface area contributed by atoms with Crippen LogP contribution in [0.15, 0.2) is 43.0 Å². The molecule has 2 aromatic heterocycles. The minimum Gasteiger partial charge on any atom is -0.360 e. The predicted molar refractivity (Wildman–Crippen MR) is 64.1 cm³/mol. The SMILES string of the molecule is Cc1cccc2c(-c3ccncn3)c[nH]c12. The van der Waals surface area contributed by atoms with E-state index in [4.69, 9.17) is 0 Å². The van der Waals surface area contributed by atoms with Crippen LogP contribution in [0, 0.1) is 6.92 Å². The largest absolute Gasteiger partial charge is 0.360 e. The Hall–Kier alpha value is -2.16. The Kier molecular flexibility index (Phi) is 1.96. The Labute approximate surface area is 93.2 Å². The molecule has 0 aliphatic rings. The normalized spacial score (nSPS) is 10.8. The predicted octanol–water partition coefficient (Wildman–Crippen LogP) is 2.93. The van der Waals surface area contributed by atoms with Gasteiger partial charge in [-0.3, -0.25) is 0 Å². The van der Waals surface area contributed by atoms with Crippen molar-refractivity contribution >= 4 is 10.9 Å². The Morgan fingerprint density at radius 1 is 1.19 bits per heavy atom. The van der Waals surface area contributed by atoms with Gasteiger partial charge in [0.2, 0.25) is 0 Å². The zero-order valence-electron chi connectivity index (χ0n) is 8.94. The second-order valence-electron chi connectivity index (χ2n) is 3.79. The van der Waals surface area contributed by atoms with Crippen LogP contribution in [0.2, 0.25) is 0 Å². The summed E-state index contributed by atoms with van der Waals surface area (Å²) in [5, 5.41) is 1.21. The fourth-order valence-electron chi connectivity index (χ4n) is 1.97. The first kappa shape index (κ1) is 9.09. The maximum Gasteiger partial charge on any atom is 0.116 e. The van der Waals surface area contributed by atoms with Gasteiger partial charge in [0.1, 0.15) is 6.33 Å². The van der Waals surface area contributed by atoms with E-state index in [9.17, 15) is 0 Å². The molecule has 0 fully saturated rings. The van der Waals surface area contributed by atoms with Crippen molar-refractivity contribution in [1.82, 2.24) is 15.0 Å². The summed E-state index contributed by atoms with van der Waals surface area (Å²) >= 11 is 0. The second-order valence-corrected chi connectivity index (χ2v) is 3.79. The van der Waals surface area contributed by atoms with Crippen LogP contribution >= 0.6 is 0 Å². The number of H-pyrrole nitrogens is 1. The molecule has 3 heteroatoms. The fourth-order valence-corrected chi connectivity index (χ4v) is 1.97. The molecular formula is C13H11N3. The molecule has 0 saturated carbocycles. The summed E-state index contributed by atoms with van der Waals surface area (Å²) in [7, 11) is 0. The summed E-state index contributed by atoms with van der Waals surface area (Å²) in [4.78, 5) is 11.5. The molecule has 0 radical (unpaired) electrons. The molecule has 0 bridgehead atoms. The Morgan fingerprint density at radius 2 is 2.12 bits per heavy atom. The smallest absolute Gasteiger partial charge is 0.116 e. The molecule has 0 spiro atoms. The molecule has 0 saturated heterocycles. The zero-order valence-corrected chi connectivity index (χ0v) is 8.94. The maximum atomic E-state index is 4.27. The zero-order chi connectivity index (χ0) is 11.0. The first-order valence-corrected chi connectivity index (χ1v) is 5.19. The van der Waals surface area contributed by atoms with E-state index in [-0.39, 0.29) is 0 Å². The average molecular weight is 209 g/mol. The van der Waals surface area contributed by atoms with Crippen LogP contribution in [-0.4, -0.2) is 15.0 Å². The topological polar surface area (TPSA) is 41.6 Å². The molecule has 78 valence electrons. The fraction of sp³-hybridized carbons (Fsp3) is 0.0769. The number of rotatable bonds is 1. The third-order valence-corrected chi connectivity index (χ3v) is 2.78. The van der Waals surface area contributed by atoms with Gasteiger partial charge in [-0.25, -0.2) is 9.97 Å². The molecule has 2 heterocycles. The third kappa shape index (κ3) is 1.29. The first-order chi connectivity index (χ1) is 7.86. The molecule has 0 amide bonds. The van der Waals surface area contributed by atoms with Crippen LogP contribution in [0.1, 0.15) is 5.56 Å². The summed E-state index contributed by atoms with van der Waals surface area (Å²) in [6.07, 6.45) is 5.33.